The van der Waals surface area contributed by atoms with Gasteiger partial charge in [-0.05, 0) is 13.8 Å². The van der Waals surface area contributed by atoms with Gasteiger partial charge in [-0.2, -0.15) is 0 Å². The lowest BCUT2D eigenvalue weighted by molar-refractivity contribution is -0.136. The predicted octanol–water partition coefficient (Wildman–Crippen LogP) is 0.512. The van der Waals surface area contributed by atoms with Crippen molar-refractivity contribution in [2.75, 3.05) is 6.54 Å². The number of hydrogen-bond acceptors (Lipinski definition) is 3. The Morgan fingerprint density at radius 2 is 2.40 bits per heavy atom. The van der Waals surface area contributed by atoms with Crippen molar-refractivity contribution in [2.24, 2.45) is 0 Å². The summed E-state index contributed by atoms with van der Waals surface area (Å²) in [6.07, 6.45) is 0. The van der Waals surface area contributed by atoms with Gasteiger partial charge in [0.2, 0.25) is 0 Å². The van der Waals surface area contributed by atoms with E-state index in [-0.39, 0.29) is 4.75 Å². The molecule has 1 unspecified atom stereocenters. The molecule has 0 bridgehead atoms. The molecule has 1 atom stereocenters. The molecule has 0 aromatic heterocycles. The fourth-order valence-electron chi connectivity index (χ4n) is 0.879. The van der Waals surface area contributed by atoms with Gasteiger partial charge in [0, 0.05) is 11.3 Å². The molecule has 1 aliphatic heterocycles. The molecule has 1 heterocycles. The standard InChI is InChI=1S/C6H11NO2S/c1-6(2)3-7-4(10-6)5(8)9/h4,7H,3H2,1-2H3,(H,8,9). The van der Waals surface area contributed by atoms with Gasteiger partial charge < -0.3 is 5.11 Å². The summed E-state index contributed by atoms with van der Waals surface area (Å²) in [6, 6.07) is 0. The van der Waals surface area contributed by atoms with E-state index in [9.17, 15) is 4.79 Å². The van der Waals surface area contributed by atoms with E-state index in [0.717, 1.165) is 6.54 Å². The minimum atomic E-state index is -0.768. The van der Waals surface area contributed by atoms with Gasteiger partial charge in [-0.15, -0.1) is 11.8 Å². The Balaban J connectivity index is 2.51. The molecule has 4 heteroatoms. The molecule has 1 rings (SSSR count). The molecule has 0 aliphatic carbocycles. The van der Waals surface area contributed by atoms with E-state index in [1.807, 2.05) is 13.8 Å². The zero-order valence-electron chi connectivity index (χ0n) is 6.05. The van der Waals surface area contributed by atoms with Crippen LogP contribution in [0.4, 0.5) is 0 Å². The van der Waals surface area contributed by atoms with Crippen molar-refractivity contribution in [3.05, 3.63) is 0 Å². The highest BCUT2D eigenvalue weighted by atomic mass is 32.2. The molecular formula is C6H11NO2S. The third-order valence-corrected chi connectivity index (χ3v) is 2.76. The van der Waals surface area contributed by atoms with Crippen LogP contribution in [-0.2, 0) is 4.79 Å². The molecule has 0 spiro atoms. The fourth-order valence-corrected chi connectivity index (χ4v) is 1.95. The number of rotatable bonds is 1. The van der Waals surface area contributed by atoms with Crippen molar-refractivity contribution in [3.63, 3.8) is 0 Å². The monoisotopic (exact) mass is 161 g/mol. The average Bonchev–Trinajstić information content (AvgIpc) is 2.10. The number of aliphatic carboxylic acids is 1. The average molecular weight is 161 g/mol. The van der Waals surface area contributed by atoms with Crippen LogP contribution in [0.15, 0.2) is 0 Å². The zero-order valence-corrected chi connectivity index (χ0v) is 6.86. The van der Waals surface area contributed by atoms with Crippen molar-refractivity contribution in [1.82, 2.24) is 5.32 Å². The molecule has 1 saturated heterocycles. The highest BCUT2D eigenvalue weighted by Gasteiger charge is 2.35. The molecule has 2 N–H and O–H groups in total. The maximum absolute atomic E-state index is 10.4. The maximum Gasteiger partial charge on any atom is 0.331 e. The summed E-state index contributed by atoms with van der Waals surface area (Å²) in [5.74, 6) is -0.768. The molecule has 0 radical (unpaired) electrons. The summed E-state index contributed by atoms with van der Waals surface area (Å²) in [5, 5.41) is 11.1. The molecule has 1 fully saturated rings. The first-order valence-corrected chi connectivity index (χ1v) is 4.03. The molecule has 0 amide bonds. The third kappa shape index (κ3) is 1.64. The summed E-state index contributed by atoms with van der Waals surface area (Å²) in [6.45, 7) is 4.84. The van der Waals surface area contributed by atoms with Crippen molar-refractivity contribution in [3.8, 4) is 0 Å². The molecule has 1 aliphatic rings. The summed E-state index contributed by atoms with van der Waals surface area (Å²) in [5.41, 5.74) is 0. The quantitative estimate of drug-likeness (QED) is 0.588. The van der Waals surface area contributed by atoms with E-state index in [0.29, 0.717) is 0 Å². The molecule has 0 aromatic carbocycles. The first-order valence-electron chi connectivity index (χ1n) is 3.15. The van der Waals surface area contributed by atoms with Gasteiger partial charge in [0.15, 0.2) is 5.37 Å². The second-order valence-electron chi connectivity index (χ2n) is 2.98. The molecule has 10 heavy (non-hydrogen) atoms. The van der Waals surface area contributed by atoms with Crippen molar-refractivity contribution in [2.45, 2.75) is 24.0 Å². The second-order valence-corrected chi connectivity index (χ2v) is 4.79. The minimum absolute atomic E-state index is 0.0725. The Morgan fingerprint density at radius 3 is 2.60 bits per heavy atom. The minimum Gasteiger partial charge on any atom is -0.479 e. The van der Waals surface area contributed by atoms with Crippen LogP contribution >= 0.6 is 11.8 Å². The van der Waals surface area contributed by atoms with E-state index in [1.54, 1.807) is 0 Å². The highest BCUT2D eigenvalue weighted by Crippen LogP contribution is 2.32. The molecular weight excluding hydrogens is 150 g/mol. The SMILES string of the molecule is CC1(C)CNC(C(=O)O)S1. The fraction of sp³-hybridized carbons (Fsp3) is 0.833. The number of carboxylic acid groups (broad SMARTS) is 1. The molecule has 0 saturated carbocycles. The lowest BCUT2D eigenvalue weighted by atomic mass is 10.2. The van der Waals surface area contributed by atoms with Crippen LogP contribution < -0.4 is 5.32 Å². The van der Waals surface area contributed by atoms with Gasteiger partial charge >= 0.3 is 5.97 Å². The van der Waals surface area contributed by atoms with Gasteiger partial charge in [0.05, 0.1) is 0 Å². The first kappa shape index (κ1) is 7.88. The van der Waals surface area contributed by atoms with Crippen LogP contribution in [-0.4, -0.2) is 27.7 Å². The van der Waals surface area contributed by atoms with Crippen LogP contribution in [0.2, 0.25) is 0 Å². The number of thioether (sulfide) groups is 1. The Kier molecular flexibility index (Phi) is 1.92. The summed E-state index contributed by atoms with van der Waals surface area (Å²) >= 11 is 1.47. The normalized spacial score (nSPS) is 30.4. The second kappa shape index (κ2) is 2.43. The lowest BCUT2D eigenvalue weighted by Gasteiger charge is -2.12. The Labute approximate surface area is 64.2 Å². The van der Waals surface area contributed by atoms with E-state index in [2.05, 4.69) is 5.32 Å². The Bertz CT molecular complexity index is 158. The van der Waals surface area contributed by atoms with Gasteiger partial charge in [0.1, 0.15) is 0 Å². The van der Waals surface area contributed by atoms with E-state index >= 15 is 0 Å². The highest BCUT2D eigenvalue weighted by molar-refractivity contribution is 8.02. The zero-order chi connectivity index (χ0) is 7.78. The molecule has 58 valence electrons. The summed E-state index contributed by atoms with van der Waals surface area (Å²) in [7, 11) is 0. The van der Waals surface area contributed by atoms with Gasteiger partial charge in [-0.25, -0.2) is 4.79 Å². The Morgan fingerprint density at radius 1 is 1.80 bits per heavy atom. The third-order valence-electron chi connectivity index (χ3n) is 1.37. The summed E-state index contributed by atoms with van der Waals surface area (Å²) in [4.78, 5) is 10.4. The molecule has 0 aromatic rings. The van der Waals surface area contributed by atoms with Crippen molar-refractivity contribution < 1.29 is 9.90 Å². The number of carbonyl (C=O) groups is 1. The van der Waals surface area contributed by atoms with Crippen molar-refractivity contribution in [1.29, 1.82) is 0 Å². The predicted molar refractivity (Wildman–Crippen MR) is 41.1 cm³/mol. The van der Waals surface area contributed by atoms with Gasteiger partial charge in [0.25, 0.3) is 0 Å². The van der Waals surface area contributed by atoms with Crippen LogP contribution in [0.5, 0.6) is 0 Å². The van der Waals surface area contributed by atoms with E-state index in [4.69, 9.17) is 5.11 Å². The van der Waals surface area contributed by atoms with E-state index < -0.39 is 11.3 Å². The lowest BCUT2D eigenvalue weighted by Crippen LogP contribution is -2.28. The van der Waals surface area contributed by atoms with Crippen molar-refractivity contribution >= 4 is 17.7 Å². The van der Waals surface area contributed by atoms with Gasteiger partial charge in [-0.1, -0.05) is 0 Å². The number of hydrogen-bond donors (Lipinski definition) is 2. The van der Waals surface area contributed by atoms with Crippen LogP contribution in [0.3, 0.4) is 0 Å². The van der Waals surface area contributed by atoms with Crippen LogP contribution in [0.1, 0.15) is 13.8 Å². The smallest absolute Gasteiger partial charge is 0.331 e. The van der Waals surface area contributed by atoms with Gasteiger partial charge in [-0.3, -0.25) is 5.32 Å². The topological polar surface area (TPSA) is 49.3 Å². The number of carboxylic acids is 1. The maximum atomic E-state index is 10.4. The molecule has 3 nitrogen and oxygen atoms in total. The van der Waals surface area contributed by atoms with Crippen LogP contribution in [0, 0.1) is 0 Å². The first-order chi connectivity index (χ1) is 4.51. The van der Waals surface area contributed by atoms with Crippen LogP contribution in [0.25, 0.3) is 0 Å². The largest absolute Gasteiger partial charge is 0.479 e. The van der Waals surface area contributed by atoms with E-state index in [1.165, 1.54) is 11.8 Å². The Hall–Kier alpha value is -0.220. The summed E-state index contributed by atoms with van der Waals surface area (Å²) < 4.78 is 0.0725. The number of nitrogens with one attached hydrogen (secondary N) is 1.